The quantitative estimate of drug-likeness (QED) is 0.655. The summed E-state index contributed by atoms with van der Waals surface area (Å²) < 4.78 is 23.8. The summed E-state index contributed by atoms with van der Waals surface area (Å²) in [4.78, 5) is 14.0. The summed E-state index contributed by atoms with van der Waals surface area (Å²) in [7, 11) is -1.59. The molecule has 1 aromatic carbocycles. The minimum absolute atomic E-state index is 0.385. The molecule has 0 atom stereocenters. The Kier molecular flexibility index (Phi) is 7.17. The van der Waals surface area contributed by atoms with Crippen LogP contribution < -0.4 is 0 Å². The van der Waals surface area contributed by atoms with Gasteiger partial charge in [0, 0.05) is 24.5 Å². The molecule has 0 aromatic heterocycles. The molecule has 25 heavy (non-hydrogen) atoms. The van der Waals surface area contributed by atoms with Crippen LogP contribution in [-0.2, 0) is 14.6 Å². The molecule has 0 heterocycles. The molecule has 0 spiro atoms. The van der Waals surface area contributed by atoms with Gasteiger partial charge in [0.2, 0.25) is 0 Å². The zero-order valence-corrected chi connectivity index (χ0v) is 16.9. The van der Waals surface area contributed by atoms with Crippen molar-refractivity contribution in [3.8, 4) is 0 Å². The van der Waals surface area contributed by atoms with Crippen LogP contribution in [0.1, 0.15) is 51.7 Å². The molecule has 0 saturated carbocycles. The number of allylic oxidation sites excluding steroid dienone is 1. The average Bonchev–Trinajstić information content (AvgIpc) is 2.53. The molecule has 0 aliphatic rings. The number of rotatable bonds is 8. The van der Waals surface area contributed by atoms with Crippen LogP contribution in [0.5, 0.6) is 0 Å². The molecule has 4 nitrogen and oxygen atoms in total. The maximum absolute atomic E-state index is 12.2. The fraction of sp³-hybridized carbons (Fsp3) is 0.450. The van der Waals surface area contributed by atoms with E-state index in [-0.39, 0.29) is 5.78 Å². The molecule has 0 aliphatic carbocycles. The van der Waals surface area contributed by atoms with Crippen molar-refractivity contribution < 1.29 is 13.2 Å². The van der Waals surface area contributed by atoms with Crippen molar-refractivity contribution in [3.05, 3.63) is 53.7 Å². The number of benzene rings is 1. The van der Waals surface area contributed by atoms with Crippen LogP contribution in [0.3, 0.4) is 0 Å². The summed E-state index contributed by atoms with van der Waals surface area (Å²) in [5.74, 6) is -0.432. The van der Waals surface area contributed by atoms with Crippen LogP contribution in [0.2, 0.25) is 0 Å². The first-order chi connectivity index (χ1) is 11.5. The third kappa shape index (κ3) is 5.85. The number of nitrogens with zero attached hydrogens (tertiary/aromatic N) is 1. The molecule has 1 rings (SSSR count). The number of carbonyl (C=O) groups is 1. The van der Waals surface area contributed by atoms with Gasteiger partial charge in [-0.25, -0.2) is 8.42 Å². The van der Waals surface area contributed by atoms with E-state index >= 15 is 0 Å². The van der Waals surface area contributed by atoms with Gasteiger partial charge in [0.15, 0.2) is 15.6 Å². The van der Waals surface area contributed by atoms with Crippen molar-refractivity contribution in [2.45, 2.75) is 45.8 Å². The monoisotopic (exact) mass is 363 g/mol. The average molecular weight is 364 g/mol. The number of ketones is 1. The lowest BCUT2D eigenvalue weighted by molar-refractivity contribution is -0.113. The second-order valence-electron chi connectivity index (χ2n) is 6.93. The van der Waals surface area contributed by atoms with Crippen LogP contribution in [-0.4, -0.2) is 37.2 Å². The fourth-order valence-electron chi connectivity index (χ4n) is 2.18. The Balaban J connectivity index is 2.94. The van der Waals surface area contributed by atoms with Gasteiger partial charge < -0.3 is 4.90 Å². The molecule has 0 bridgehead atoms. The minimum atomic E-state index is -3.40. The van der Waals surface area contributed by atoms with E-state index in [9.17, 15) is 13.2 Å². The van der Waals surface area contributed by atoms with Crippen molar-refractivity contribution in [3.63, 3.8) is 0 Å². The smallest absolute Gasteiger partial charge is 0.175 e. The second kappa shape index (κ2) is 8.48. The van der Waals surface area contributed by atoms with Gasteiger partial charge in [-0.15, -0.1) is 0 Å². The molecular formula is C20H29NO3S. The van der Waals surface area contributed by atoms with Gasteiger partial charge in [-0.2, -0.15) is 0 Å². The molecule has 0 radical (unpaired) electrons. The maximum atomic E-state index is 12.2. The van der Waals surface area contributed by atoms with Crippen LogP contribution in [0, 0.1) is 0 Å². The first-order valence-corrected chi connectivity index (χ1v) is 10.1. The summed E-state index contributed by atoms with van der Waals surface area (Å²) in [5.41, 5.74) is 3.33. The van der Waals surface area contributed by atoms with E-state index in [1.165, 1.54) is 5.56 Å². The van der Waals surface area contributed by atoms with Gasteiger partial charge in [0.25, 0.3) is 0 Å². The molecule has 0 aliphatic heterocycles. The van der Waals surface area contributed by atoms with Gasteiger partial charge >= 0.3 is 0 Å². The van der Waals surface area contributed by atoms with E-state index in [0.717, 1.165) is 11.3 Å². The number of hydrogen-bond donors (Lipinski definition) is 0. The number of hydrogen-bond acceptors (Lipinski definition) is 4. The Bertz CT molecular complexity index is 774. The predicted molar refractivity (Wildman–Crippen MR) is 105 cm³/mol. The minimum Gasteiger partial charge on any atom is -0.351 e. The molecule has 0 amide bonds. The lowest BCUT2D eigenvalue weighted by atomic mass is 10.00. The normalized spacial score (nSPS) is 12.6. The number of sulfone groups is 1. The van der Waals surface area contributed by atoms with Gasteiger partial charge in [0.05, 0.1) is 5.25 Å². The number of carbonyl (C=O) groups excluding carboxylic acids is 1. The molecule has 0 N–H and O–H groups in total. The molecule has 0 saturated heterocycles. The zero-order chi connectivity index (χ0) is 19.4. The highest BCUT2D eigenvalue weighted by molar-refractivity contribution is 7.92. The molecule has 1 aromatic rings. The van der Waals surface area contributed by atoms with Crippen LogP contribution in [0.4, 0.5) is 0 Å². The van der Waals surface area contributed by atoms with E-state index in [1.54, 1.807) is 38.9 Å². The molecule has 0 fully saturated rings. The summed E-state index contributed by atoms with van der Waals surface area (Å²) in [5, 5.41) is -0.560. The van der Waals surface area contributed by atoms with E-state index < -0.39 is 20.8 Å². The highest BCUT2D eigenvalue weighted by Crippen LogP contribution is 2.22. The largest absolute Gasteiger partial charge is 0.351 e. The molecule has 0 unspecified atom stereocenters. The lowest BCUT2D eigenvalue weighted by Crippen LogP contribution is -2.24. The first-order valence-electron chi connectivity index (χ1n) is 8.41. The highest BCUT2D eigenvalue weighted by Gasteiger charge is 2.21. The van der Waals surface area contributed by atoms with E-state index in [4.69, 9.17) is 0 Å². The fourth-order valence-corrected chi connectivity index (χ4v) is 3.11. The van der Waals surface area contributed by atoms with Crippen molar-refractivity contribution in [1.82, 2.24) is 4.90 Å². The van der Waals surface area contributed by atoms with Crippen molar-refractivity contribution in [2.24, 2.45) is 0 Å². The Hall–Kier alpha value is -1.88. The highest BCUT2D eigenvalue weighted by atomic mass is 32.2. The lowest BCUT2D eigenvalue weighted by Gasteiger charge is -2.20. The molecular weight excluding hydrogens is 334 g/mol. The summed E-state index contributed by atoms with van der Waals surface area (Å²) >= 11 is 0. The molecule has 138 valence electrons. The van der Waals surface area contributed by atoms with Crippen molar-refractivity contribution >= 4 is 21.3 Å². The summed E-state index contributed by atoms with van der Waals surface area (Å²) in [6.07, 6.45) is 1.64. The maximum Gasteiger partial charge on any atom is 0.175 e. The Labute approximate surface area is 152 Å². The van der Waals surface area contributed by atoms with Crippen LogP contribution in [0.15, 0.2) is 42.6 Å². The Morgan fingerprint density at radius 1 is 1.24 bits per heavy atom. The predicted octanol–water partition coefficient (Wildman–Crippen LogP) is 4.01. The van der Waals surface area contributed by atoms with Crippen molar-refractivity contribution in [2.75, 3.05) is 12.8 Å². The first kappa shape index (κ1) is 21.2. The number of Topliss-reactive ketones (excluding diaryl/α,β-unsaturated/α-hetero) is 1. The standard InChI is InChI=1S/C20H29NO3S/c1-14(2)18-9-8-10-19(11-18)17(6)21(7)12-16(5)20(22)13-25(23,24)15(3)4/h8-12,14-15H,6,13H2,1-5,7H3/b16-12+. The Morgan fingerprint density at radius 3 is 2.36 bits per heavy atom. The van der Waals surface area contributed by atoms with Gasteiger partial charge in [-0.3, -0.25) is 4.79 Å². The third-order valence-electron chi connectivity index (χ3n) is 4.19. The van der Waals surface area contributed by atoms with Crippen LogP contribution in [0.25, 0.3) is 5.70 Å². The van der Waals surface area contributed by atoms with E-state index in [2.05, 4.69) is 32.6 Å². The Morgan fingerprint density at radius 2 is 1.84 bits per heavy atom. The SMILES string of the molecule is C=C(c1cccc(C(C)C)c1)N(C)/C=C(\C)C(=O)CS(=O)(=O)C(C)C. The second-order valence-corrected chi connectivity index (χ2v) is 9.49. The van der Waals surface area contributed by atoms with Gasteiger partial charge in [0.1, 0.15) is 5.75 Å². The van der Waals surface area contributed by atoms with E-state index in [1.807, 2.05) is 12.1 Å². The van der Waals surface area contributed by atoms with Crippen LogP contribution >= 0.6 is 0 Å². The summed E-state index contributed by atoms with van der Waals surface area (Å²) in [6.45, 7) is 13.1. The van der Waals surface area contributed by atoms with Gasteiger partial charge in [-0.1, -0.05) is 38.6 Å². The summed E-state index contributed by atoms with van der Waals surface area (Å²) in [6, 6.07) is 8.11. The van der Waals surface area contributed by atoms with E-state index in [0.29, 0.717) is 11.5 Å². The third-order valence-corrected chi connectivity index (χ3v) is 6.29. The van der Waals surface area contributed by atoms with Gasteiger partial charge in [-0.05, 0) is 43.9 Å². The topological polar surface area (TPSA) is 54.5 Å². The van der Waals surface area contributed by atoms with Crippen molar-refractivity contribution in [1.29, 1.82) is 0 Å². The molecule has 5 heteroatoms. The zero-order valence-electron chi connectivity index (χ0n) is 16.0.